The van der Waals surface area contributed by atoms with Crippen LogP contribution >= 0.6 is 10.6 Å². The molecule has 8 heteroatoms. The van der Waals surface area contributed by atoms with Crippen molar-refractivity contribution in [1.82, 2.24) is 4.90 Å². The molecule has 2 aliphatic rings. The second-order valence-corrected chi connectivity index (χ2v) is 9.91. The average molecular weight is 417 g/mol. The highest BCUT2D eigenvalue weighted by atomic mass is 32.3. The lowest BCUT2D eigenvalue weighted by atomic mass is 10.2. The summed E-state index contributed by atoms with van der Waals surface area (Å²) in [5, 5.41) is 3.01. The van der Waals surface area contributed by atoms with Gasteiger partial charge in [-0.15, -0.1) is 0 Å². The summed E-state index contributed by atoms with van der Waals surface area (Å²) >= 11 is 0. The van der Waals surface area contributed by atoms with Crippen LogP contribution in [-0.2, 0) is 0 Å². The molecule has 2 saturated heterocycles. The Morgan fingerprint density at radius 2 is 1.41 bits per heavy atom. The Hall–Kier alpha value is -2.42. The molecule has 2 amide bonds. The first-order valence-corrected chi connectivity index (χ1v) is 11.8. The van der Waals surface area contributed by atoms with Gasteiger partial charge in [-0.3, -0.25) is 9.11 Å². The molecule has 29 heavy (non-hydrogen) atoms. The SMILES string of the molecule is O=C(Nc1cccc(N2CCS(O)(O)CC2)c1)N1CCN(c2ccccc2)CC1. The lowest BCUT2D eigenvalue weighted by molar-refractivity contribution is 0.208. The van der Waals surface area contributed by atoms with Gasteiger partial charge in [0.15, 0.2) is 0 Å². The van der Waals surface area contributed by atoms with E-state index < -0.39 is 10.6 Å². The Bertz CT molecular complexity index is 831. The van der Waals surface area contributed by atoms with E-state index in [1.54, 1.807) is 0 Å². The molecule has 156 valence electrons. The molecule has 2 heterocycles. The fourth-order valence-corrected chi connectivity index (χ4v) is 5.00. The molecule has 0 aromatic heterocycles. The van der Waals surface area contributed by atoms with Gasteiger partial charge in [0.05, 0.1) is 11.5 Å². The van der Waals surface area contributed by atoms with Crippen molar-refractivity contribution in [3.05, 3.63) is 54.6 Å². The Balaban J connectivity index is 1.32. The zero-order valence-electron chi connectivity index (χ0n) is 16.4. The average Bonchev–Trinajstić information content (AvgIpc) is 2.75. The van der Waals surface area contributed by atoms with Crippen LogP contribution < -0.4 is 15.1 Å². The van der Waals surface area contributed by atoms with Gasteiger partial charge in [0.1, 0.15) is 0 Å². The van der Waals surface area contributed by atoms with E-state index in [1.165, 1.54) is 5.69 Å². The maximum atomic E-state index is 12.7. The number of hydrogen-bond donors (Lipinski definition) is 3. The molecule has 0 saturated carbocycles. The lowest BCUT2D eigenvalue weighted by Gasteiger charge is -2.42. The first-order chi connectivity index (χ1) is 14.0. The van der Waals surface area contributed by atoms with Crippen molar-refractivity contribution < 1.29 is 13.9 Å². The Morgan fingerprint density at radius 3 is 2.10 bits per heavy atom. The molecule has 0 aliphatic carbocycles. The Morgan fingerprint density at radius 1 is 0.793 bits per heavy atom. The number of amides is 2. The number of nitrogens with one attached hydrogen (secondary N) is 1. The van der Waals surface area contributed by atoms with E-state index in [9.17, 15) is 13.9 Å². The summed E-state index contributed by atoms with van der Waals surface area (Å²) in [5.74, 6) is 0.796. The number of hydrogen-bond acceptors (Lipinski definition) is 5. The van der Waals surface area contributed by atoms with Crippen LogP contribution in [0.2, 0.25) is 0 Å². The second-order valence-electron chi connectivity index (χ2n) is 7.49. The van der Waals surface area contributed by atoms with Gasteiger partial charge in [-0.1, -0.05) is 24.3 Å². The van der Waals surface area contributed by atoms with Crippen LogP contribution in [0.5, 0.6) is 0 Å². The van der Waals surface area contributed by atoms with Gasteiger partial charge in [0.2, 0.25) is 0 Å². The molecule has 0 spiro atoms. The highest BCUT2D eigenvalue weighted by Crippen LogP contribution is 2.41. The molecule has 2 aromatic rings. The van der Waals surface area contributed by atoms with E-state index in [1.807, 2.05) is 47.4 Å². The molecule has 0 unspecified atom stereocenters. The van der Waals surface area contributed by atoms with Crippen molar-refractivity contribution in [3.8, 4) is 0 Å². The van der Waals surface area contributed by atoms with Crippen LogP contribution in [0.3, 0.4) is 0 Å². The third-order valence-corrected chi connectivity index (χ3v) is 7.20. The van der Waals surface area contributed by atoms with Gasteiger partial charge < -0.3 is 20.0 Å². The van der Waals surface area contributed by atoms with E-state index in [4.69, 9.17) is 0 Å². The Labute approximate surface area is 173 Å². The largest absolute Gasteiger partial charge is 0.368 e. The molecule has 2 fully saturated rings. The normalized spacial score (nSPS) is 20.3. The molecule has 4 rings (SSSR count). The topological polar surface area (TPSA) is 79.3 Å². The molecular formula is C21H28N4O3S. The van der Waals surface area contributed by atoms with Crippen LogP contribution in [-0.4, -0.2) is 70.8 Å². The molecule has 2 aromatic carbocycles. The van der Waals surface area contributed by atoms with Crippen molar-refractivity contribution in [3.63, 3.8) is 0 Å². The number of rotatable bonds is 3. The highest BCUT2D eigenvalue weighted by Gasteiger charge is 2.23. The van der Waals surface area contributed by atoms with Crippen molar-refractivity contribution in [2.45, 2.75) is 0 Å². The van der Waals surface area contributed by atoms with Crippen LogP contribution in [0.1, 0.15) is 0 Å². The van der Waals surface area contributed by atoms with E-state index in [-0.39, 0.29) is 6.03 Å². The summed E-state index contributed by atoms with van der Waals surface area (Å²) in [4.78, 5) is 19.0. The van der Waals surface area contributed by atoms with E-state index in [0.717, 1.165) is 24.5 Å². The summed E-state index contributed by atoms with van der Waals surface area (Å²) in [5.41, 5.74) is 2.94. The highest BCUT2D eigenvalue weighted by molar-refractivity contribution is 8.24. The number of urea groups is 1. The fourth-order valence-electron chi connectivity index (χ4n) is 3.77. The fraction of sp³-hybridized carbons (Fsp3) is 0.381. The maximum absolute atomic E-state index is 12.7. The van der Waals surface area contributed by atoms with Crippen LogP contribution in [0.4, 0.5) is 21.9 Å². The van der Waals surface area contributed by atoms with Gasteiger partial charge in [0.25, 0.3) is 0 Å². The van der Waals surface area contributed by atoms with E-state index in [0.29, 0.717) is 37.7 Å². The lowest BCUT2D eigenvalue weighted by Crippen LogP contribution is -2.50. The van der Waals surface area contributed by atoms with E-state index >= 15 is 0 Å². The van der Waals surface area contributed by atoms with E-state index in [2.05, 4.69) is 27.2 Å². The van der Waals surface area contributed by atoms with Crippen molar-refractivity contribution in [2.75, 3.05) is 65.9 Å². The summed E-state index contributed by atoms with van der Waals surface area (Å²) in [7, 11) is -2.41. The minimum Gasteiger partial charge on any atom is -0.368 e. The minimum atomic E-state index is -2.41. The summed E-state index contributed by atoms with van der Waals surface area (Å²) < 4.78 is 19.6. The Kier molecular flexibility index (Phi) is 5.84. The maximum Gasteiger partial charge on any atom is 0.321 e. The quantitative estimate of drug-likeness (QED) is 0.712. The van der Waals surface area contributed by atoms with Gasteiger partial charge in [0, 0.05) is 56.3 Å². The van der Waals surface area contributed by atoms with Crippen LogP contribution in [0.25, 0.3) is 0 Å². The minimum absolute atomic E-state index is 0.0808. The van der Waals surface area contributed by atoms with Crippen LogP contribution in [0.15, 0.2) is 54.6 Å². The third kappa shape index (κ3) is 4.95. The zero-order valence-corrected chi connectivity index (χ0v) is 17.2. The van der Waals surface area contributed by atoms with Gasteiger partial charge in [-0.05, 0) is 30.3 Å². The summed E-state index contributed by atoms with van der Waals surface area (Å²) in [6.45, 7) is 4.23. The standard InChI is InChI=1S/C21H28N4O3S/c26-21(25-11-9-23(10-12-25)19-6-2-1-3-7-19)22-18-5-4-8-20(17-18)24-13-15-29(27,28)16-14-24/h1-8,17,27-28H,9-16H2,(H,22,26). The van der Waals surface area contributed by atoms with Crippen LogP contribution in [0, 0.1) is 0 Å². The smallest absolute Gasteiger partial charge is 0.321 e. The molecule has 2 aliphatic heterocycles. The second kappa shape index (κ2) is 8.52. The van der Waals surface area contributed by atoms with Crippen molar-refractivity contribution in [2.24, 2.45) is 0 Å². The molecular weight excluding hydrogens is 388 g/mol. The predicted octanol–water partition coefficient (Wildman–Crippen LogP) is 3.61. The number of para-hydroxylation sites is 1. The number of nitrogens with zero attached hydrogens (tertiary/aromatic N) is 3. The van der Waals surface area contributed by atoms with Crippen molar-refractivity contribution in [1.29, 1.82) is 0 Å². The van der Waals surface area contributed by atoms with Gasteiger partial charge in [-0.2, -0.15) is 10.6 Å². The zero-order chi connectivity index (χ0) is 20.3. The monoisotopic (exact) mass is 416 g/mol. The van der Waals surface area contributed by atoms with Gasteiger partial charge in [-0.25, -0.2) is 4.79 Å². The number of anilines is 3. The molecule has 0 atom stereocenters. The molecule has 0 radical (unpaired) electrons. The molecule has 3 N–H and O–H groups in total. The first kappa shape index (κ1) is 19.9. The van der Waals surface area contributed by atoms with Crippen molar-refractivity contribution >= 4 is 33.7 Å². The van der Waals surface area contributed by atoms with Gasteiger partial charge >= 0.3 is 6.03 Å². The first-order valence-electron chi connectivity index (χ1n) is 9.95. The third-order valence-electron chi connectivity index (χ3n) is 5.53. The number of piperazine rings is 1. The predicted molar refractivity (Wildman–Crippen MR) is 120 cm³/mol. The number of carbonyl (C=O) groups excluding carboxylic acids is 1. The number of carbonyl (C=O) groups is 1. The summed E-state index contributed by atoms with van der Waals surface area (Å²) in [6, 6.07) is 17.9. The molecule has 0 bridgehead atoms. The molecule has 7 nitrogen and oxygen atoms in total. The summed E-state index contributed by atoms with van der Waals surface area (Å²) in [6.07, 6.45) is 0. The number of benzene rings is 2.